The van der Waals surface area contributed by atoms with E-state index in [1.54, 1.807) is 0 Å². The van der Waals surface area contributed by atoms with Crippen molar-refractivity contribution in [3.63, 3.8) is 0 Å². The number of rotatable bonds is 2. The van der Waals surface area contributed by atoms with Gasteiger partial charge in [0.2, 0.25) is 0 Å². The molecule has 2 N–H and O–H groups in total. The zero-order valence-corrected chi connectivity index (χ0v) is 10.4. The van der Waals surface area contributed by atoms with Gasteiger partial charge >= 0.3 is 6.09 Å². The number of hydrogen-bond donors (Lipinski definition) is 2. The van der Waals surface area contributed by atoms with Gasteiger partial charge in [0.1, 0.15) is 5.60 Å². The average Bonchev–Trinajstić information content (AvgIpc) is 2.34. The van der Waals surface area contributed by atoms with Gasteiger partial charge in [-0.2, -0.15) is 0 Å². The lowest BCUT2D eigenvalue weighted by molar-refractivity contribution is 0.0516. The minimum absolute atomic E-state index is 0.308. The minimum Gasteiger partial charge on any atom is -0.444 e. The summed E-state index contributed by atoms with van der Waals surface area (Å²) < 4.78 is 5.20. The highest BCUT2D eigenvalue weighted by molar-refractivity contribution is 5.67. The fourth-order valence-corrected chi connectivity index (χ4v) is 2.56. The Bertz CT molecular complexity index is 273. The Morgan fingerprint density at radius 1 is 1.44 bits per heavy atom. The van der Waals surface area contributed by atoms with E-state index in [1.807, 2.05) is 20.8 Å². The Morgan fingerprint density at radius 3 is 2.69 bits per heavy atom. The molecule has 1 saturated carbocycles. The molecule has 0 aromatic heterocycles. The fourth-order valence-electron chi connectivity index (χ4n) is 2.56. The van der Waals surface area contributed by atoms with Crippen molar-refractivity contribution in [3.8, 4) is 0 Å². The van der Waals surface area contributed by atoms with E-state index in [4.69, 9.17) is 4.74 Å². The molecule has 3 unspecified atom stereocenters. The number of alkyl carbamates (subject to hydrolysis) is 1. The molecule has 2 aliphatic rings. The first-order valence-electron chi connectivity index (χ1n) is 6.16. The van der Waals surface area contributed by atoms with Crippen molar-refractivity contribution in [2.75, 3.05) is 13.1 Å². The highest BCUT2D eigenvalue weighted by atomic mass is 16.6. The van der Waals surface area contributed by atoms with Crippen LogP contribution in [0.3, 0.4) is 0 Å². The van der Waals surface area contributed by atoms with E-state index in [0.717, 1.165) is 18.4 Å². The van der Waals surface area contributed by atoms with Crippen molar-refractivity contribution >= 4 is 6.09 Å². The second-order valence-corrected chi connectivity index (χ2v) is 5.90. The summed E-state index contributed by atoms with van der Waals surface area (Å²) in [6.07, 6.45) is 2.34. The third kappa shape index (κ3) is 2.67. The Kier molecular flexibility index (Phi) is 3.10. The predicted octanol–water partition coefficient (Wildman–Crippen LogP) is 1.51. The molecule has 4 nitrogen and oxygen atoms in total. The summed E-state index contributed by atoms with van der Waals surface area (Å²) in [7, 11) is 0. The van der Waals surface area contributed by atoms with E-state index in [0.29, 0.717) is 12.6 Å². The van der Waals surface area contributed by atoms with Crippen LogP contribution < -0.4 is 10.6 Å². The van der Waals surface area contributed by atoms with Crippen LogP contribution >= 0.6 is 0 Å². The summed E-state index contributed by atoms with van der Waals surface area (Å²) >= 11 is 0. The van der Waals surface area contributed by atoms with E-state index < -0.39 is 5.60 Å². The lowest BCUT2D eigenvalue weighted by atomic mass is 9.73. The molecule has 1 heterocycles. The first-order valence-corrected chi connectivity index (χ1v) is 6.16. The third-order valence-corrected chi connectivity index (χ3v) is 3.50. The SMILES string of the molecule is CC(C)(C)OC(=O)NCC1NCC2CCC21. The first kappa shape index (κ1) is 11.7. The van der Waals surface area contributed by atoms with Crippen LogP contribution in [0, 0.1) is 11.8 Å². The number of carbonyl (C=O) groups excluding carboxylic acids is 1. The number of ether oxygens (including phenoxy) is 1. The van der Waals surface area contributed by atoms with Gasteiger partial charge in [-0.1, -0.05) is 0 Å². The van der Waals surface area contributed by atoms with E-state index in [1.165, 1.54) is 12.8 Å². The molecular weight excluding hydrogens is 204 g/mol. The highest BCUT2D eigenvalue weighted by Crippen LogP contribution is 2.40. The molecule has 1 amide bonds. The Balaban J connectivity index is 1.69. The standard InChI is InChI=1S/C12H22N2O2/c1-12(2,3)16-11(15)14-7-10-9-5-4-8(9)6-13-10/h8-10,13H,4-7H2,1-3H3,(H,14,15). The Labute approximate surface area is 97.1 Å². The monoisotopic (exact) mass is 226 g/mol. The predicted molar refractivity (Wildman–Crippen MR) is 62.2 cm³/mol. The number of hydrogen-bond acceptors (Lipinski definition) is 3. The third-order valence-electron chi connectivity index (χ3n) is 3.50. The molecule has 0 radical (unpaired) electrons. The number of nitrogens with one attached hydrogen (secondary N) is 2. The van der Waals surface area contributed by atoms with Crippen LogP contribution in [0.5, 0.6) is 0 Å². The van der Waals surface area contributed by atoms with Crippen molar-refractivity contribution in [2.24, 2.45) is 11.8 Å². The maximum Gasteiger partial charge on any atom is 0.407 e. The molecule has 0 aromatic rings. The van der Waals surface area contributed by atoms with Crippen molar-refractivity contribution in [1.82, 2.24) is 10.6 Å². The summed E-state index contributed by atoms with van der Waals surface area (Å²) in [4.78, 5) is 11.5. The Hall–Kier alpha value is -0.770. The number of fused-ring (bicyclic) bond motifs is 1. The minimum atomic E-state index is -0.411. The van der Waals surface area contributed by atoms with Gasteiger partial charge in [-0.3, -0.25) is 0 Å². The second kappa shape index (κ2) is 4.24. The summed E-state index contributed by atoms with van der Waals surface area (Å²) in [5.41, 5.74) is -0.411. The number of amides is 1. The van der Waals surface area contributed by atoms with Gasteiger partial charge < -0.3 is 15.4 Å². The zero-order chi connectivity index (χ0) is 11.8. The van der Waals surface area contributed by atoms with E-state index >= 15 is 0 Å². The summed E-state index contributed by atoms with van der Waals surface area (Å²) in [6, 6.07) is 0.450. The summed E-state index contributed by atoms with van der Waals surface area (Å²) in [5, 5.41) is 6.31. The molecule has 4 heteroatoms. The fraction of sp³-hybridized carbons (Fsp3) is 0.917. The normalized spacial score (nSPS) is 32.8. The largest absolute Gasteiger partial charge is 0.444 e. The molecule has 3 atom stereocenters. The topological polar surface area (TPSA) is 50.4 Å². The van der Waals surface area contributed by atoms with E-state index in [2.05, 4.69) is 10.6 Å². The van der Waals surface area contributed by atoms with Crippen molar-refractivity contribution in [3.05, 3.63) is 0 Å². The quantitative estimate of drug-likeness (QED) is 0.750. The lowest BCUT2D eigenvalue weighted by Crippen LogP contribution is -2.43. The van der Waals surface area contributed by atoms with Crippen molar-refractivity contribution in [1.29, 1.82) is 0 Å². The molecule has 1 aliphatic carbocycles. The molecule has 0 bridgehead atoms. The van der Waals surface area contributed by atoms with Crippen LogP contribution in [0.15, 0.2) is 0 Å². The van der Waals surface area contributed by atoms with Crippen LogP contribution in [-0.4, -0.2) is 30.8 Å². The summed E-state index contributed by atoms with van der Waals surface area (Å²) in [6.45, 7) is 7.44. The average molecular weight is 226 g/mol. The van der Waals surface area contributed by atoms with Gasteiger partial charge in [0.05, 0.1) is 0 Å². The van der Waals surface area contributed by atoms with Crippen molar-refractivity contribution in [2.45, 2.75) is 45.3 Å². The first-order chi connectivity index (χ1) is 7.46. The molecule has 0 spiro atoms. The molecule has 2 fully saturated rings. The van der Waals surface area contributed by atoms with Gasteiger partial charge in [0, 0.05) is 12.6 Å². The van der Waals surface area contributed by atoms with Crippen LogP contribution in [0.2, 0.25) is 0 Å². The van der Waals surface area contributed by atoms with Crippen LogP contribution in [0.1, 0.15) is 33.6 Å². The maximum absolute atomic E-state index is 11.5. The summed E-state index contributed by atoms with van der Waals surface area (Å²) in [5.74, 6) is 1.63. The van der Waals surface area contributed by atoms with Crippen LogP contribution in [-0.2, 0) is 4.74 Å². The van der Waals surface area contributed by atoms with Gasteiger partial charge in [0.25, 0.3) is 0 Å². The van der Waals surface area contributed by atoms with Gasteiger partial charge in [-0.05, 0) is 52.0 Å². The highest BCUT2D eigenvalue weighted by Gasteiger charge is 2.41. The van der Waals surface area contributed by atoms with Crippen LogP contribution in [0.25, 0.3) is 0 Å². The Morgan fingerprint density at radius 2 is 2.19 bits per heavy atom. The molecule has 92 valence electrons. The molecular formula is C12H22N2O2. The molecule has 16 heavy (non-hydrogen) atoms. The zero-order valence-electron chi connectivity index (χ0n) is 10.4. The van der Waals surface area contributed by atoms with E-state index in [-0.39, 0.29) is 6.09 Å². The number of carbonyl (C=O) groups is 1. The van der Waals surface area contributed by atoms with Crippen LogP contribution in [0.4, 0.5) is 4.79 Å². The molecule has 0 aromatic carbocycles. The maximum atomic E-state index is 11.5. The molecule has 1 saturated heterocycles. The van der Waals surface area contributed by atoms with E-state index in [9.17, 15) is 4.79 Å². The lowest BCUT2D eigenvalue weighted by Gasteiger charge is -2.33. The molecule has 1 aliphatic heterocycles. The van der Waals surface area contributed by atoms with Gasteiger partial charge in [0.15, 0.2) is 0 Å². The van der Waals surface area contributed by atoms with Crippen molar-refractivity contribution < 1.29 is 9.53 Å². The smallest absolute Gasteiger partial charge is 0.407 e. The van der Waals surface area contributed by atoms with Gasteiger partial charge in [-0.25, -0.2) is 4.79 Å². The molecule has 2 rings (SSSR count). The second-order valence-electron chi connectivity index (χ2n) is 5.90. The van der Waals surface area contributed by atoms with Gasteiger partial charge in [-0.15, -0.1) is 0 Å².